The maximum absolute atomic E-state index is 11.9. The van der Waals surface area contributed by atoms with E-state index in [9.17, 15) is 4.79 Å². The number of hydrogen-bond donors (Lipinski definition) is 1. The number of benzene rings is 2. The molecule has 0 aliphatic carbocycles. The largest absolute Gasteiger partial charge is 0.326 e. The van der Waals surface area contributed by atoms with Gasteiger partial charge in [0.25, 0.3) is 0 Å². The number of nitrogens with one attached hydrogen (secondary N) is 1. The van der Waals surface area contributed by atoms with E-state index in [1.54, 1.807) is 24.3 Å². The SMILES string of the molecule is N#CCc1ccc(NC(=O)Cc2ccc(Cl)cc2)cc1. The molecule has 4 heteroatoms. The van der Waals surface area contributed by atoms with Crippen molar-refractivity contribution in [2.75, 3.05) is 5.32 Å². The molecule has 0 saturated heterocycles. The molecule has 0 heterocycles. The first kappa shape index (κ1) is 14.1. The summed E-state index contributed by atoms with van der Waals surface area (Å²) in [6, 6.07) is 16.5. The van der Waals surface area contributed by atoms with Crippen LogP contribution in [0.1, 0.15) is 11.1 Å². The van der Waals surface area contributed by atoms with E-state index in [-0.39, 0.29) is 5.91 Å². The third-order valence-electron chi connectivity index (χ3n) is 2.80. The van der Waals surface area contributed by atoms with Gasteiger partial charge in [0.2, 0.25) is 5.91 Å². The molecule has 2 aromatic rings. The fraction of sp³-hybridized carbons (Fsp3) is 0.125. The molecule has 0 aliphatic heterocycles. The van der Waals surface area contributed by atoms with Gasteiger partial charge in [-0.1, -0.05) is 35.9 Å². The van der Waals surface area contributed by atoms with Gasteiger partial charge in [0.05, 0.1) is 18.9 Å². The quantitative estimate of drug-likeness (QED) is 0.933. The van der Waals surface area contributed by atoms with Crippen molar-refractivity contribution < 1.29 is 4.79 Å². The fourth-order valence-corrected chi connectivity index (χ4v) is 1.92. The van der Waals surface area contributed by atoms with Crippen molar-refractivity contribution in [1.29, 1.82) is 5.26 Å². The predicted octanol–water partition coefficient (Wildman–Crippen LogP) is 3.59. The minimum Gasteiger partial charge on any atom is -0.326 e. The smallest absolute Gasteiger partial charge is 0.228 e. The maximum Gasteiger partial charge on any atom is 0.228 e. The highest BCUT2D eigenvalue weighted by atomic mass is 35.5. The Morgan fingerprint density at radius 2 is 1.65 bits per heavy atom. The number of carbonyl (C=O) groups excluding carboxylic acids is 1. The molecule has 2 rings (SSSR count). The molecule has 3 nitrogen and oxygen atoms in total. The highest BCUT2D eigenvalue weighted by Gasteiger charge is 2.04. The van der Waals surface area contributed by atoms with Crippen LogP contribution < -0.4 is 5.32 Å². The molecule has 0 bridgehead atoms. The molecular formula is C16H13ClN2O. The lowest BCUT2D eigenvalue weighted by molar-refractivity contribution is -0.115. The lowest BCUT2D eigenvalue weighted by Gasteiger charge is -2.06. The maximum atomic E-state index is 11.9. The molecule has 2 aromatic carbocycles. The normalized spacial score (nSPS) is 9.80. The van der Waals surface area contributed by atoms with Crippen molar-refractivity contribution in [3.63, 3.8) is 0 Å². The number of rotatable bonds is 4. The standard InChI is InChI=1S/C16H13ClN2O/c17-14-5-1-13(2-6-14)11-16(20)19-15-7-3-12(4-8-15)9-10-18/h1-8H,9,11H2,(H,19,20). The van der Waals surface area contributed by atoms with Crippen LogP contribution in [0.15, 0.2) is 48.5 Å². The Hall–Kier alpha value is -2.31. The predicted molar refractivity (Wildman–Crippen MR) is 79.5 cm³/mol. The number of halogens is 1. The van der Waals surface area contributed by atoms with E-state index in [4.69, 9.17) is 16.9 Å². The van der Waals surface area contributed by atoms with E-state index in [1.165, 1.54) is 0 Å². The Morgan fingerprint density at radius 1 is 1.05 bits per heavy atom. The molecule has 1 N–H and O–H groups in total. The summed E-state index contributed by atoms with van der Waals surface area (Å²) >= 11 is 5.80. The minimum absolute atomic E-state index is 0.0830. The molecule has 0 saturated carbocycles. The van der Waals surface area contributed by atoms with Crippen molar-refractivity contribution in [2.24, 2.45) is 0 Å². The van der Waals surface area contributed by atoms with Crippen LogP contribution in [-0.4, -0.2) is 5.91 Å². The van der Waals surface area contributed by atoms with Gasteiger partial charge in [-0.2, -0.15) is 5.26 Å². The topological polar surface area (TPSA) is 52.9 Å². The molecule has 0 atom stereocenters. The molecule has 20 heavy (non-hydrogen) atoms. The van der Waals surface area contributed by atoms with Crippen molar-refractivity contribution in [1.82, 2.24) is 0 Å². The summed E-state index contributed by atoms with van der Waals surface area (Å²) in [6.07, 6.45) is 0.677. The monoisotopic (exact) mass is 284 g/mol. The first-order valence-electron chi connectivity index (χ1n) is 6.17. The van der Waals surface area contributed by atoms with Gasteiger partial charge < -0.3 is 5.32 Å². The summed E-state index contributed by atoms with van der Waals surface area (Å²) in [5.74, 6) is -0.0830. The molecule has 0 radical (unpaired) electrons. The summed E-state index contributed by atoms with van der Waals surface area (Å²) in [5.41, 5.74) is 2.57. The van der Waals surface area contributed by atoms with Crippen LogP contribution in [0.25, 0.3) is 0 Å². The highest BCUT2D eigenvalue weighted by molar-refractivity contribution is 6.30. The Morgan fingerprint density at radius 3 is 2.25 bits per heavy atom. The van der Waals surface area contributed by atoms with E-state index < -0.39 is 0 Å². The van der Waals surface area contributed by atoms with Crippen LogP contribution in [0.3, 0.4) is 0 Å². The van der Waals surface area contributed by atoms with Crippen LogP contribution in [0, 0.1) is 11.3 Å². The van der Waals surface area contributed by atoms with Crippen molar-refractivity contribution in [3.05, 3.63) is 64.7 Å². The van der Waals surface area contributed by atoms with Crippen LogP contribution >= 0.6 is 11.6 Å². The zero-order valence-corrected chi connectivity index (χ0v) is 11.5. The second kappa shape index (κ2) is 6.74. The summed E-state index contributed by atoms with van der Waals surface area (Å²) in [6.45, 7) is 0. The van der Waals surface area contributed by atoms with Crippen LogP contribution in [0.2, 0.25) is 5.02 Å². The number of anilines is 1. The first-order valence-corrected chi connectivity index (χ1v) is 6.55. The van der Waals surface area contributed by atoms with Crippen LogP contribution in [0.5, 0.6) is 0 Å². The molecule has 0 aromatic heterocycles. The third kappa shape index (κ3) is 4.11. The number of carbonyl (C=O) groups is 1. The van der Waals surface area contributed by atoms with Gasteiger partial charge in [-0.15, -0.1) is 0 Å². The fourth-order valence-electron chi connectivity index (χ4n) is 1.79. The van der Waals surface area contributed by atoms with E-state index in [0.717, 1.165) is 16.8 Å². The zero-order chi connectivity index (χ0) is 14.4. The molecule has 0 fully saturated rings. The van der Waals surface area contributed by atoms with Crippen molar-refractivity contribution in [3.8, 4) is 6.07 Å². The van der Waals surface area contributed by atoms with Gasteiger partial charge >= 0.3 is 0 Å². The van der Waals surface area contributed by atoms with Crippen LogP contribution in [0.4, 0.5) is 5.69 Å². The van der Waals surface area contributed by atoms with Gasteiger partial charge in [0.15, 0.2) is 0 Å². The molecule has 0 aliphatic rings. The van der Waals surface area contributed by atoms with Gasteiger partial charge in [-0.05, 0) is 35.4 Å². The second-order valence-corrected chi connectivity index (χ2v) is 4.82. The molecule has 0 unspecified atom stereocenters. The van der Waals surface area contributed by atoms with E-state index in [1.807, 2.05) is 24.3 Å². The van der Waals surface area contributed by atoms with Gasteiger partial charge in [-0.25, -0.2) is 0 Å². The minimum atomic E-state index is -0.0830. The second-order valence-electron chi connectivity index (χ2n) is 4.38. The van der Waals surface area contributed by atoms with Crippen molar-refractivity contribution in [2.45, 2.75) is 12.8 Å². The third-order valence-corrected chi connectivity index (χ3v) is 3.05. The average Bonchev–Trinajstić information content (AvgIpc) is 2.44. The lowest BCUT2D eigenvalue weighted by Crippen LogP contribution is -2.14. The van der Waals surface area contributed by atoms with Crippen molar-refractivity contribution >= 4 is 23.2 Å². The zero-order valence-electron chi connectivity index (χ0n) is 10.8. The molecule has 100 valence electrons. The van der Waals surface area contributed by atoms with E-state index >= 15 is 0 Å². The van der Waals surface area contributed by atoms with Gasteiger partial charge in [-0.3, -0.25) is 4.79 Å². The van der Waals surface area contributed by atoms with Crippen LogP contribution in [-0.2, 0) is 17.6 Å². The summed E-state index contributed by atoms with van der Waals surface area (Å²) in [4.78, 5) is 11.9. The number of nitriles is 1. The summed E-state index contributed by atoms with van der Waals surface area (Å²) in [5, 5.41) is 12.1. The molecule has 1 amide bonds. The first-order chi connectivity index (χ1) is 9.67. The molecular weight excluding hydrogens is 272 g/mol. The van der Waals surface area contributed by atoms with E-state index in [2.05, 4.69) is 11.4 Å². The summed E-state index contributed by atoms with van der Waals surface area (Å²) in [7, 11) is 0. The molecule has 0 spiro atoms. The number of hydrogen-bond acceptors (Lipinski definition) is 2. The number of nitrogens with zero attached hydrogens (tertiary/aromatic N) is 1. The Bertz CT molecular complexity index is 627. The summed E-state index contributed by atoms with van der Waals surface area (Å²) < 4.78 is 0. The van der Waals surface area contributed by atoms with E-state index in [0.29, 0.717) is 17.9 Å². The van der Waals surface area contributed by atoms with Gasteiger partial charge in [0.1, 0.15) is 0 Å². The Balaban J connectivity index is 1.94. The Labute approximate surface area is 122 Å². The average molecular weight is 285 g/mol. The van der Waals surface area contributed by atoms with Gasteiger partial charge in [0, 0.05) is 10.7 Å². The number of amides is 1. The Kier molecular flexibility index (Phi) is 4.75. The lowest BCUT2D eigenvalue weighted by atomic mass is 10.1. The highest BCUT2D eigenvalue weighted by Crippen LogP contribution is 2.12.